The van der Waals surface area contributed by atoms with E-state index in [9.17, 15) is 9.59 Å². The fourth-order valence-corrected chi connectivity index (χ4v) is 2.53. The largest absolute Gasteiger partial charge is 0.377 e. The van der Waals surface area contributed by atoms with Crippen molar-refractivity contribution in [3.63, 3.8) is 0 Å². The van der Waals surface area contributed by atoms with Gasteiger partial charge in [-0.05, 0) is 24.1 Å². The van der Waals surface area contributed by atoms with E-state index in [4.69, 9.17) is 4.74 Å². The number of hydrogen-bond donors (Lipinski definition) is 0. The number of hydrogen-bond acceptors (Lipinski definition) is 3. The molecule has 0 fully saturated rings. The molecule has 0 N–H and O–H groups in total. The molecule has 22 heavy (non-hydrogen) atoms. The van der Waals surface area contributed by atoms with Gasteiger partial charge in [-0.2, -0.15) is 0 Å². The first-order valence-electron chi connectivity index (χ1n) is 7.34. The lowest BCUT2D eigenvalue weighted by atomic mass is 10.1. The Labute approximate surface area is 129 Å². The molecule has 4 nitrogen and oxygen atoms in total. The molecule has 2 aromatic rings. The molecule has 112 valence electrons. The van der Waals surface area contributed by atoms with Gasteiger partial charge >= 0.3 is 0 Å². The summed E-state index contributed by atoms with van der Waals surface area (Å²) in [4.78, 5) is 25.6. The molecule has 0 bridgehead atoms. The van der Waals surface area contributed by atoms with Crippen LogP contribution in [0.1, 0.15) is 32.7 Å². The number of amides is 2. The SMILES string of the molecule is O=C1c2ccccc2C(=O)N1CCCOCc1ccccc1. The van der Waals surface area contributed by atoms with E-state index in [-0.39, 0.29) is 11.8 Å². The van der Waals surface area contributed by atoms with Crippen LogP contribution in [0.25, 0.3) is 0 Å². The van der Waals surface area contributed by atoms with Crippen molar-refractivity contribution in [2.24, 2.45) is 0 Å². The lowest BCUT2D eigenvalue weighted by Gasteiger charge is -2.13. The Morgan fingerprint density at radius 1 is 0.818 bits per heavy atom. The highest BCUT2D eigenvalue weighted by molar-refractivity contribution is 6.21. The van der Waals surface area contributed by atoms with Gasteiger partial charge in [-0.15, -0.1) is 0 Å². The maximum absolute atomic E-state index is 12.2. The Bertz CT molecular complexity index is 647. The van der Waals surface area contributed by atoms with E-state index in [2.05, 4.69) is 0 Å². The Hall–Kier alpha value is -2.46. The average molecular weight is 295 g/mol. The van der Waals surface area contributed by atoms with Crippen molar-refractivity contribution in [3.8, 4) is 0 Å². The first-order chi connectivity index (χ1) is 10.8. The van der Waals surface area contributed by atoms with Gasteiger partial charge in [0.2, 0.25) is 0 Å². The molecule has 0 unspecified atom stereocenters. The second-order valence-corrected chi connectivity index (χ2v) is 5.20. The minimum Gasteiger partial charge on any atom is -0.377 e. The molecule has 1 heterocycles. The van der Waals surface area contributed by atoms with E-state index in [1.807, 2.05) is 30.3 Å². The third-order valence-electron chi connectivity index (χ3n) is 3.66. The van der Waals surface area contributed by atoms with Gasteiger partial charge in [0.05, 0.1) is 17.7 Å². The normalized spacial score (nSPS) is 13.5. The summed E-state index contributed by atoms with van der Waals surface area (Å²) in [6.45, 7) is 1.45. The van der Waals surface area contributed by atoms with Crippen molar-refractivity contribution in [1.82, 2.24) is 4.90 Å². The van der Waals surface area contributed by atoms with Crippen LogP contribution in [0.15, 0.2) is 54.6 Å². The van der Waals surface area contributed by atoms with E-state index >= 15 is 0 Å². The molecular weight excluding hydrogens is 278 g/mol. The van der Waals surface area contributed by atoms with Crippen LogP contribution in [0.3, 0.4) is 0 Å². The molecular formula is C18H17NO3. The van der Waals surface area contributed by atoms with Gasteiger partial charge in [0.25, 0.3) is 11.8 Å². The second-order valence-electron chi connectivity index (χ2n) is 5.20. The van der Waals surface area contributed by atoms with Gasteiger partial charge in [-0.1, -0.05) is 42.5 Å². The monoisotopic (exact) mass is 295 g/mol. The summed E-state index contributed by atoms with van der Waals surface area (Å²) in [6, 6.07) is 16.9. The van der Waals surface area contributed by atoms with Crippen LogP contribution in [-0.4, -0.2) is 29.9 Å². The van der Waals surface area contributed by atoms with Gasteiger partial charge in [0, 0.05) is 13.2 Å². The summed E-state index contributed by atoms with van der Waals surface area (Å²) in [7, 11) is 0. The van der Waals surface area contributed by atoms with Crippen LogP contribution in [0, 0.1) is 0 Å². The fraction of sp³-hybridized carbons (Fsp3) is 0.222. The van der Waals surface area contributed by atoms with Gasteiger partial charge in [-0.3, -0.25) is 14.5 Å². The molecule has 0 aromatic heterocycles. The summed E-state index contributed by atoms with van der Waals surface area (Å²) in [5.74, 6) is -0.410. The van der Waals surface area contributed by atoms with Crippen LogP contribution in [0.5, 0.6) is 0 Å². The average Bonchev–Trinajstić information content (AvgIpc) is 2.81. The molecule has 0 saturated heterocycles. The van der Waals surface area contributed by atoms with Crippen LogP contribution in [-0.2, 0) is 11.3 Å². The molecule has 0 radical (unpaired) electrons. The van der Waals surface area contributed by atoms with Gasteiger partial charge in [-0.25, -0.2) is 0 Å². The number of benzene rings is 2. The lowest BCUT2D eigenvalue weighted by Crippen LogP contribution is -2.31. The summed E-state index contributed by atoms with van der Waals surface area (Å²) in [5, 5.41) is 0. The van der Waals surface area contributed by atoms with Gasteiger partial charge in [0.15, 0.2) is 0 Å². The van der Waals surface area contributed by atoms with Gasteiger partial charge in [0.1, 0.15) is 0 Å². The van der Waals surface area contributed by atoms with Crippen molar-refractivity contribution in [1.29, 1.82) is 0 Å². The van der Waals surface area contributed by atoms with Crippen LogP contribution in [0.4, 0.5) is 0 Å². The topological polar surface area (TPSA) is 46.6 Å². The third-order valence-corrected chi connectivity index (χ3v) is 3.66. The van der Waals surface area contributed by atoms with E-state index in [0.717, 1.165) is 5.56 Å². The molecule has 0 atom stereocenters. The molecule has 0 spiro atoms. The maximum atomic E-state index is 12.2. The van der Waals surface area contributed by atoms with Crippen molar-refractivity contribution < 1.29 is 14.3 Å². The number of carbonyl (C=O) groups is 2. The Morgan fingerprint density at radius 3 is 2.05 bits per heavy atom. The zero-order chi connectivity index (χ0) is 15.4. The lowest BCUT2D eigenvalue weighted by molar-refractivity contribution is 0.0619. The Kier molecular flexibility index (Phi) is 4.30. The first-order valence-corrected chi connectivity index (χ1v) is 7.34. The van der Waals surface area contributed by atoms with Crippen LogP contribution in [0.2, 0.25) is 0 Å². The van der Waals surface area contributed by atoms with E-state index in [1.165, 1.54) is 4.90 Å². The molecule has 1 aliphatic rings. The number of fused-ring (bicyclic) bond motifs is 1. The maximum Gasteiger partial charge on any atom is 0.261 e. The summed E-state index contributed by atoms with van der Waals surface area (Å²) in [6.07, 6.45) is 0.637. The Balaban J connectivity index is 1.47. The molecule has 0 saturated carbocycles. The summed E-state index contributed by atoms with van der Waals surface area (Å²) in [5.41, 5.74) is 2.11. The number of rotatable bonds is 6. The van der Waals surface area contributed by atoms with E-state index in [0.29, 0.717) is 37.3 Å². The standard InChI is InChI=1S/C18H17NO3/c20-17-15-9-4-5-10-16(15)18(21)19(17)11-6-12-22-13-14-7-2-1-3-8-14/h1-5,7-10H,6,11-13H2. The predicted octanol–water partition coefficient (Wildman–Crippen LogP) is 2.89. The van der Waals surface area contributed by atoms with Crippen molar-refractivity contribution in [2.75, 3.05) is 13.2 Å². The number of imide groups is 1. The number of ether oxygens (including phenoxy) is 1. The zero-order valence-electron chi connectivity index (χ0n) is 12.2. The molecule has 0 aliphatic carbocycles. The van der Waals surface area contributed by atoms with Crippen LogP contribution < -0.4 is 0 Å². The molecule has 1 aliphatic heterocycles. The summed E-state index contributed by atoms with van der Waals surface area (Å²) >= 11 is 0. The Morgan fingerprint density at radius 2 is 1.41 bits per heavy atom. The second kappa shape index (κ2) is 6.54. The minimum atomic E-state index is -0.205. The molecule has 4 heteroatoms. The zero-order valence-corrected chi connectivity index (χ0v) is 12.2. The third kappa shape index (κ3) is 2.92. The highest BCUT2D eigenvalue weighted by Gasteiger charge is 2.34. The van der Waals surface area contributed by atoms with Crippen molar-refractivity contribution >= 4 is 11.8 Å². The van der Waals surface area contributed by atoms with E-state index < -0.39 is 0 Å². The number of carbonyl (C=O) groups excluding carboxylic acids is 2. The molecule has 3 rings (SSSR count). The van der Waals surface area contributed by atoms with Gasteiger partial charge < -0.3 is 4.74 Å². The highest BCUT2D eigenvalue weighted by Crippen LogP contribution is 2.22. The smallest absolute Gasteiger partial charge is 0.261 e. The predicted molar refractivity (Wildman–Crippen MR) is 82.5 cm³/mol. The minimum absolute atomic E-state index is 0.205. The van der Waals surface area contributed by atoms with Crippen molar-refractivity contribution in [3.05, 3.63) is 71.3 Å². The fourth-order valence-electron chi connectivity index (χ4n) is 2.53. The summed E-state index contributed by atoms with van der Waals surface area (Å²) < 4.78 is 5.58. The van der Waals surface area contributed by atoms with E-state index in [1.54, 1.807) is 24.3 Å². The quantitative estimate of drug-likeness (QED) is 0.608. The van der Waals surface area contributed by atoms with Crippen LogP contribution >= 0.6 is 0 Å². The highest BCUT2D eigenvalue weighted by atomic mass is 16.5. The molecule has 2 aromatic carbocycles. The number of nitrogens with zero attached hydrogens (tertiary/aromatic N) is 1. The van der Waals surface area contributed by atoms with Crippen molar-refractivity contribution in [2.45, 2.75) is 13.0 Å². The first kappa shape index (κ1) is 14.5. The molecule has 2 amide bonds.